The van der Waals surface area contributed by atoms with Crippen LogP contribution in [-0.2, 0) is 11.2 Å². The molecule has 0 aliphatic carbocycles. The number of halogens is 1. The number of likely N-dealkylation sites (tertiary alicyclic amines) is 1. The molecular formula is C21H23FN2O3. The minimum atomic E-state index is -1.50. The number of alkyl halides is 1. The minimum Gasteiger partial charge on any atom is -0.323 e. The Labute approximate surface area is 157 Å². The fourth-order valence-corrected chi connectivity index (χ4v) is 3.57. The molecule has 2 aromatic rings. The van der Waals surface area contributed by atoms with Gasteiger partial charge in [-0.15, -0.1) is 0 Å². The summed E-state index contributed by atoms with van der Waals surface area (Å²) in [6.07, 6.45) is 0.617. The van der Waals surface area contributed by atoms with Crippen LogP contribution in [0, 0.1) is 0 Å². The molecule has 0 radical (unpaired) electrons. The second-order valence-corrected chi connectivity index (χ2v) is 6.72. The summed E-state index contributed by atoms with van der Waals surface area (Å²) in [4.78, 5) is 26.1. The standard InChI is InChI=1S/C21H23FN2O3/c1-2-5-14-8-10-15(11-9-14)16-6-3-4-7-17(16)21(26)24-13-12-18(22)19(24)20(25)23-27/h3-4,6-11,18-19,27H,2,5,12-13H2,1H3,(H,23,25)/t18-,19+/m0/s1. The number of benzene rings is 2. The zero-order valence-electron chi connectivity index (χ0n) is 15.2. The van der Waals surface area contributed by atoms with Gasteiger partial charge in [0, 0.05) is 12.1 Å². The lowest BCUT2D eigenvalue weighted by molar-refractivity contribution is -0.134. The van der Waals surface area contributed by atoms with Crippen LogP contribution in [0.3, 0.4) is 0 Å². The number of hydrogen-bond acceptors (Lipinski definition) is 3. The number of amides is 2. The van der Waals surface area contributed by atoms with E-state index < -0.39 is 24.0 Å². The lowest BCUT2D eigenvalue weighted by Gasteiger charge is -2.24. The van der Waals surface area contributed by atoms with Gasteiger partial charge < -0.3 is 4.90 Å². The number of carbonyl (C=O) groups is 2. The van der Waals surface area contributed by atoms with Crippen LogP contribution in [0.2, 0.25) is 0 Å². The van der Waals surface area contributed by atoms with Crippen LogP contribution in [0.1, 0.15) is 35.7 Å². The molecule has 0 aromatic heterocycles. The molecule has 0 bridgehead atoms. The van der Waals surface area contributed by atoms with E-state index in [2.05, 4.69) is 6.92 Å². The molecule has 1 saturated heterocycles. The average Bonchev–Trinajstić information content (AvgIpc) is 3.09. The maximum atomic E-state index is 14.1. The molecule has 5 nitrogen and oxygen atoms in total. The predicted molar refractivity (Wildman–Crippen MR) is 100 cm³/mol. The summed E-state index contributed by atoms with van der Waals surface area (Å²) in [5.74, 6) is -1.33. The maximum Gasteiger partial charge on any atom is 0.269 e. The third-order valence-electron chi connectivity index (χ3n) is 4.92. The van der Waals surface area contributed by atoms with Gasteiger partial charge in [0.1, 0.15) is 12.2 Å². The highest BCUT2D eigenvalue weighted by Crippen LogP contribution is 2.29. The Hall–Kier alpha value is -2.73. The van der Waals surface area contributed by atoms with Crippen molar-refractivity contribution in [2.75, 3.05) is 6.54 Å². The number of nitrogens with one attached hydrogen (secondary N) is 1. The Morgan fingerprint density at radius 1 is 1.19 bits per heavy atom. The van der Waals surface area contributed by atoms with Crippen LogP contribution in [0.4, 0.5) is 4.39 Å². The number of carbonyl (C=O) groups excluding carboxylic acids is 2. The van der Waals surface area contributed by atoms with Crippen LogP contribution in [0.15, 0.2) is 48.5 Å². The number of nitrogens with zero attached hydrogens (tertiary/aromatic N) is 1. The summed E-state index contributed by atoms with van der Waals surface area (Å²) in [6, 6.07) is 13.8. The predicted octanol–water partition coefficient (Wildman–Crippen LogP) is 3.36. The third kappa shape index (κ3) is 3.85. The van der Waals surface area contributed by atoms with Crippen molar-refractivity contribution in [3.63, 3.8) is 0 Å². The monoisotopic (exact) mass is 370 g/mol. The van der Waals surface area contributed by atoms with Crippen LogP contribution in [0.5, 0.6) is 0 Å². The fourth-order valence-electron chi connectivity index (χ4n) is 3.57. The van der Waals surface area contributed by atoms with Gasteiger partial charge in [0.05, 0.1) is 0 Å². The minimum absolute atomic E-state index is 0.0672. The Bertz CT molecular complexity index is 822. The van der Waals surface area contributed by atoms with Gasteiger partial charge in [0.2, 0.25) is 0 Å². The molecule has 0 saturated carbocycles. The lowest BCUT2D eigenvalue weighted by Crippen LogP contribution is -2.48. The van der Waals surface area contributed by atoms with Crippen LogP contribution in [-0.4, -0.2) is 40.7 Å². The normalized spacial score (nSPS) is 19.1. The van der Waals surface area contributed by atoms with Crippen LogP contribution < -0.4 is 5.48 Å². The summed E-state index contributed by atoms with van der Waals surface area (Å²) < 4.78 is 14.1. The molecule has 0 unspecified atom stereocenters. The molecule has 2 aromatic carbocycles. The summed E-state index contributed by atoms with van der Waals surface area (Å²) in [5.41, 5.74) is 4.72. The van der Waals surface area contributed by atoms with Gasteiger partial charge in [0.15, 0.2) is 0 Å². The van der Waals surface area contributed by atoms with Crippen molar-refractivity contribution in [2.45, 2.75) is 38.4 Å². The van der Waals surface area contributed by atoms with Crippen molar-refractivity contribution < 1.29 is 19.2 Å². The second kappa shape index (κ2) is 8.31. The van der Waals surface area contributed by atoms with E-state index in [-0.39, 0.29) is 13.0 Å². The van der Waals surface area contributed by atoms with E-state index in [1.54, 1.807) is 12.1 Å². The van der Waals surface area contributed by atoms with E-state index in [4.69, 9.17) is 5.21 Å². The Balaban J connectivity index is 1.93. The van der Waals surface area contributed by atoms with Crippen molar-refractivity contribution in [1.82, 2.24) is 10.4 Å². The Morgan fingerprint density at radius 3 is 2.56 bits per heavy atom. The highest BCUT2D eigenvalue weighted by molar-refractivity contribution is 6.03. The maximum absolute atomic E-state index is 14.1. The molecule has 1 fully saturated rings. The lowest BCUT2D eigenvalue weighted by atomic mass is 9.97. The zero-order chi connectivity index (χ0) is 19.4. The van der Waals surface area contributed by atoms with Crippen molar-refractivity contribution in [3.05, 3.63) is 59.7 Å². The van der Waals surface area contributed by atoms with Gasteiger partial charge >= 0.3 is 0 Å². The van der Waals surface area contributed by atoms with E-state index in [1.807, 2.05) is 36.4 Å². The van der Waals surface area contributed by atoms with Gasteiger partial charge in [-0.25, -0.2) is 9.87 Å². The van der Waals surface area contributed by atoms with Crippen molar-refractivity contribution >= 4 is 11.8 Å². The van der Waals surface area contributed by atoms with Gasteiger partial charge in [-0.1, -0.05) is 55.8 Å². The van der Waals surface area contributed by atoms with Gasteiger partial charge in [-0.3, -0.25) is 14.8 Å². The fraction of sp³-hybridized carbons (Fsp3) is 0.333. The molecule has 6 heteroatoms. The number of rotatable bonds is 5. The summed E-state index contributed by atoms with van der Waals surface area (Å²) in [5, 5.41) is 8.88. The van der Waals surface area contributed by atoms with E-state index in [1.165, 1.54) is 15.9 Å². The number of hydroxylamine groups is 1. The molecule has 2 amide bonds. The summed E-state index contributed by atoms with van der Waals surface area (Å²) in [6.45, 7) is 2.25. The molecule has 2 N–H and O–H groups in total. The van der Waals surface area contributed by atoms with E-state index >= 15 is 0 Å². The second-order valence-electron chi connectivity index (χ2n) is 6.72. The van der Waals surface area contributed by atoms with Crippen molar-refractivity contribution in [2.24, 2.45) is 0 Å². The average molecular weight is 370 g/mol. The smallest absolute Gasteiger partial charge is 0.269 e. The molecule has 1 heterocycles. The van der Waals surface area contributed by atoms with Gasteiger partial charge in [-0.05, 0) is 35.6 Å². The number of aryl methyl sites for hydroxylation is 1. The molecule has 2 atom stereocenters. The highest BCUT2D eigenvalue weighted by atomic mass is 19.1. The highest BCUT2D eigenvalue weighted by Gasteiger charge is 2.42. The van der Waals surface area contributed by atoms with E-state index in [9.17, 15) is 14.0 Å². The summed E-state index contributed by atoms with van der Waals surface area (Å²) >= 11 is 0. The van der Waals surface area contributed by atoms with Crippen LogP contribution in [0.25, 0.3) is 11.1 Å². The molecule has 3 rings (SSSR count). The Kier molecular flexibility index (Phi) is 5.86. The first-order valence-electron chi connectivity index (χ1n) is 9.14. The molecule has 1 aliphatic heterocycles. The SMILES string of the molecule is CCCc1ccc(-c2ccccc2C(=O)N2CC[C@H](F)[C@@H]2C(=O)NO)cc1. The van der Waals surface area contributed by atoms with Crippen molar-refractivity contribution in [3.8, 4) is 11.1 Å². The van der Waals surface area contributed by atoms with E-state index in [0.29, 0.717) is 5.56 Å². The molecular weight excluding hydrogens is 347 g/mol. The molecule has 27 heavy (non-hydrogen) atoms. The first-order chi connectivity index (χ1) is 13.1. The van der Waals surface area contributed by atoms with E-state index in [0.717, 1.165) is 24.0 Å². The third-order valence-corrected chi connectivity index (χ3v) is 4.92. The topological polar surface area (TPSA) is 69.6 Å². The molecule has 1 aliphatic rings. The first kappa shape index (κ1) is 19.0. The number of hydrogen-bond donors (Lipinski definition) is 2. The zero-order valence-corrected chi connectivity index (χ0v) is 15.2. The van der Waals surface area contributed by atoms with Gasteiger partial charge in [0.25, 0.3) is 11.8 Å². The van der Waals surface area contributed by atoms with Crippen molar-refractivity contribution in [1.29, 1.82) is 0 Å². The molecule has 142 valence electrons. The largest absolute Gasteiger partial charge is 0.323 e. The quantitative estimate of drug-likeness (QED) is 0.626. The molecule has 0 spiro atoms. The van der Waals surface area contributed by atoms with Gasteiger partial charge in [-0.2, -0.15) is 0 Å². The first-order valence-corrected chi connectivity index (χ1v) is 9.14. The summed E-state index contributed by atoms with van der Waals surface area (Å²) in [7, 11) is 0. The Morgan fingerprint density at radius 2 is 1.89 bits per heavy atom. The van der Waals surface area contributed by atoms with Crippen LogP contribution >= 0.6 is 0 Å².